The van der Waals surface area contributed by atoms with Crippen molar-refractivity contribution in [2.75, 3.05) is 0 Å². The molecule has 10 aromatic carbocycles. The summed E-state index contributed by atoms with van der Waals surface area (Å²) in [5, 5.41) is 7.70. The van der Waals surface area contributed by atoms with E-state index >= 15 is 0 Å². The van der Waals surface area contributed by atoms with Gasteiger partial charge >= 0.3 is 0 Å². The summed E-state index contributed by atoms with van der Waals surface area (Å²) in [6, 6.07) is 69.9. The van der Waals surface area contributed by atoms with Gasteiger partial charge in [-0.2, -0.15) is 0 Å². The van der Waals surface area contributed by atoms with Crippen LogP contribution in [0.4, 0.5) is 0 Å². The molecule has 0 nitrogen and oxygen atoms in total. The quantitative estimate of drug-likeness (QED) is 0.156. The second kappa shape index (κ2) is 12.6. The minimum Gasteiger partial charge on any atom is -0.0619 e. The van der Waals surface area contributed by atoms with E-state index in [1.807, 2.05) is 0 Å². The van der Waals surface area contributed by atoms with Gasteiger partial charge in [-0.05, 0) is 169 Å². The largest absolute Gasteiger partial charge is 0.0619 e. The van der Waals surface area contributed by atoms with Crippen LogP contribution in [0.2, 0.25) is 0 Å². The zero-order valence-corrected chi connectivity index (χ0v) is 36.8. The van der Waals surface area contributed by atoms with Gasteiger partial charge in [0.25, 0.3) is 0 Å². The van der Waals surface area contributed by atoms with Gasteiger partial charge in [0, 0.05) is 16.2 Å². The first kappa shape index (κ1) is 36.6. The van der Waals surface area contributed by atoms with Crippen LogP contribution in [0.25, 0.3) is 99.1 Å². The molecule has 0 unspecified atom stereocenters. The van der Waals surface area contributed by atoms with Crippen LogP contribution in [0, 0.1) is 0 Å². The lowest BCUT2D eigenvalue weighted by molar-refractivity contribution is 0.660. The Balaban J connectivity index is 1.07. The fourth-order valence-electron chi connectivity index (χ4n) is 12.3. The summed E-state index contributed by atoms with van der Waals surface area (Å²) in [7, 11) is 0. The molecule has 0 aliphatic heterocycles. The Morgan fingerprint density at radius 2 is 0.571 bits per heavy atom. The van der Waals surface area contributed by atoms with Crippen molar-refractivity contribution in [3.05, 3.63) is 215 Å². The molecule has 13 rings (SSSR count). The highest BCUT2D eigenvalue weighted by atomic mass is 14.4. The summed E-state index contributed by atoms with van der Waals surface area (Å²) in [5.41, 5.74) is 23.9. The van der Waals surface area contributed by atoms with E-state index in [-0.39, 0.29) is 16.2 Å². The first-order valence-electron chi connectivity index (χ1n) is 22.7. The van der Waals surface area contributed by atoms with Crippen LogP contribution in [-0.2, 0) is 16.2 Å². The van der Waals surface area contributed by atoms with Crippen molar-refractivity contribution in [1.82, 2.24) is 0 Å². The third-order valence-corrected chi connectivity index (χ3v) is 15.7. The lowest BCUT2D eigenvalue weighted by atomic mass is 9.80. The van der Waals surface area contributed by atoms with Crippen molar-refractivity contribution >= 4 is 32.3 Å². The molecule has 0 atom stereocenters. The maximum Gasteiger partial charge on any atom is 0.0159 e. The van der Waals surface area contributed by atoms with Crippen LogP contribution in [-0.4, -0.2) is 0 Å². The summed E-state index contributed by atoms with van der Waals surface area (Å²) in [4.78, 5) is 0. The molecule has 0 N–H and O–H groups in total. The van der Waals surface area contributed by atoms with Crippen molar-refractivity contribution in [1.29, 1.82) is 0 Å². The lowest BCUT2D eigenvalue weighted by Gasteiger charge is -2.23. The maximum atomic E-state index is 2.51. The van der Waals surface area contributed by atoms with Gasteiger partial charge < -0.3 is 0 Å². The van der Waals surface area contributed by atoms with E-state index < -0.39 is 0 Å². The van der Waals surface area contributed by atoms with Gasteiger partial charge in [-0.25, -0.2) is 0 Å². The molecule has 0 heterocycles. The molecule has 3 aliphatic carbocycles. The summed E-state index contributed by atoms with van der Waals surface area (Å²) in [6.07, 6.45) is 0. The summed E-state index contributed by atoms with van der Waals surface area (Å²) >= 11 is 0. The monoisotopic (exact) mass is 804 g/mol. The van der Waals surface area contributed by atoms with Crippen LogP contribution >= 0.6 is 0 Å². The van der Waals surface area contributed by atoms with Crippen LogP contribution in [0.5, 0.6) is 0 Å². The van der Waals surface area contributed by atoms with E-state index in [9.17, 15) is 0 Å². The minimum absolute atomic E-state index is 0.0300. The highest BCUT2D eigenvalue weighted by Crippen LogP contribution is 2.54. The number of fused-ring (bicyclic) bond motifs is 14. The molecule has 0 aromatic heterocycles. The molecule has 0 amide bonds. The Hall–Kier alpha value is -7.02. The van der Waals surface area contributed by atoms with E-state index in [0.717, 1.165) is 0 Å². The first-order chi connectivity index (χ1) is 30.5. The number of rotatable bonds is 3. The second-order valence-corrected chi connectivity index (χ2v) is 20.0. The van der Waals surface area contributed by atoms with Gasteiger partial charge in [0.2, 0.25) is 0 Å². The predicted molar refractivity (Wildman–Crippen MR) is 268 cm³/mol. The Kier molecular flexibility index (Phi) is 7.29. The third kappa shape index (κ3) is 4.93. The molecule has 300 valence electrons. The minimum atomic E-state index is -0.0874. The van der Waals surface area contributed by atoms with Gasteiger partial charge in [-0.1, -0.05) is 187 Å². The molecule has 0 spiro atoms. The number of benzene rings is 10. The fraction of sp³-hybridized carbons (Fsp3) is 0.143. The Bertz CT molecular complexity index is 3640. The molecule has 0 saturated heterocycles. The number of hydrogen-bond donors (Lipinski definition) is 0. The van der Waals surface area contributed by atoms with E-state index in [2.05, 4.69) is 224 Å². The fourth-order valence-corrected chi connectivity index (χ4v) is 12.3. The van der Waals surface area contributed by atoms with Gasteiger partial charge in [0.15, 0.2) is 0 Å². The predicted octanol–water partition coefficient (Wildman–Crippen LogP) is 17.1. The molecular weight excluding hydrogens is 757 g/mol. The normalized spacial score (nSPS) is 15.5. The zero-order chi connectivity index (χ0) is 42.6. The molecule has 10 aromatic rings. The summed E-state index contributed by atoms with van der Waals surface area (Å²) in [6.45, 7) is 14.3. The van der Waals surface area contributed by atoms with Crippen molar-refractivity contribution < 1.29 is 0 Å². The average Bonchev–Trinajstić information content (AvgIpc) is 3.80. The summed E-state index contributed by atoms with van der Waals surface area (Å²) < 4.78 is 0. The van der Waals surface area contributed by atoms with Gasteiger partial charge in [-0.3, -0.25) is 0 Å². The first-order valence-corrected chi connectivity index (χ1v) is 22.7. The van der Waals surface area contributed by atoms with Crippen LogP contribution in [0.3, 0.4) is 0 Å². The molecule has 63 heavy (non-hydrogen) atoms. The van der Waals surface area contributed by atoms with Crippen molar-refractivity contribution in [3.8, 4) is 66.8 Å². The van der Waals surface area contributed by atoms with Crippen molar-refractivity contribution in [2.45, 2.75) is 57.8 Å². The highest BCUT2D eigenvalue weighted by Gasteiger charge is 2.38. The Morgan fingerprint density at radius 1 is 0.206 bits per heavy atom. The smallest absolute Gasteiger partial charge is 0.0159 e. The van der Waals surface area contributed by atoms with E-state index in [1.165, 1.54) is 132 Å². The van der Waals surface area contributed by atoms with Gasteiger partial charge in [0.1, 0.15) is 0 Å². The summed E-state index contributed by atoms with van der Waals surface area (Å²) in [5.74, 6) is 0. The van der Waals surface area contributed by atoms with Crippen LogP contribution < -0.4 is 0 Å². The van der Waals surface area contributed by atoms with Crippen LogP contribution in [0.1, 0.15) is 74.9 Å². The lowest BCUT2D eigenvalue weighted by Crippen LogP contribution is -2.14. The highest BCUT2D eigenvalue weighted by molar-refractivity contribution is 6.24. The van der Waals surface area contributed by atoms with E-state index in [1.54, 1.807) is 0 Å². The molecule has 0 saturated carbocycles. The van der Waals surface area contributed by atoms with Crippen molar-refractivity contribution in [3.63, 3.8) is 0 Å². The molecule has 0 heteroatoms. The average molecular weight is 805 g/mol. The SMILES string of the molecule is CC1(C)c2ccccc2-c2cc(-c3ccc4c(-c5ccc6c(c5)C(C)(C)c5ccccc5-6)cc5c6ccccc6c(-c6ccc7c(c6)C(C)(C)c6ccccc6-7)cc5c4c3)ccc21. The van der Waals surface area contributed by atoms with Gasteiger partial charge in [0.05, 0.1) is 0 Å². The van der Waals surface area contributed by atoms with E-state index in [4.69, 9.17) is 0 Å². The third-order valence-electron chi connectivity index (χ3n) is 15.7. The molecule has 0 bridgehead atoms. The van der Waals surface area contributed by atoms with Gasteiger partial charge in [-0.15, -0.1) is 0 Å². The number of hydrogen-bond acceptors (Lipinski definition) is 0. The Labute approximate surface area is 370 Å². The Morgan fingerprint density at radius 3 is 1.14 bits per heavy atom. The molecule has 0 radical (unpaired) electrons. The zero-order valence-electron chi connectivity index (χ0n) is 36.8. The molecule has 3 aliphatic rings. The second-order valence-electron chi connectivity index (χ2n) is 20.0. The molecule has 0 fully saturated rings. The standard InChI is InChI=1S/C63H48/c1-61(2)57-22-14-11-19-46(57)54-32-38(26-30-58(54)61)37-23-27-43-50(40-25-29-48-45-18-10-13-21-56(45)63(5,6)60(48)34-40)35-52-42-16-8-7-15-41(42)49(36-53(52)51(43)31-37)39-24-28-47-44-17-9-12-20-55(44)62(3,4)59(47)33-39/h7-36H,1-6H3. The van der Waals surface area contributed by atoms with Crippen LogP contribution in [0.15, 0.2) is 182 Å². The van der Waals surface area contributed by atoms with Crippen molar-refractivity contribution in [2.24, 2.45) is 0 Å². The molecular formula is C63H48. The topological polar surface area (TPSA) is 0 Å². The maximum absolute atomic E-state index is 2.51. The van der Waals surface area contributed by atoms with E-state index in [0.29, 0.717) is 0 Å².